The Morgan fingerprint density at radius 2 is 1.76 bits per heavy atom. The second-order valence-electron chi connectivity index (χ2n) is 7.06. The molecule has 0 spiro atoms. The Labute approximate surface area is 175 Å². The molecule has 0 N–H and O–H groups in total. The molecule has 3 aromatic rings. The molecule has 0 bridgehead atoms. The standard InChI is InChI=1S/C22H22ClNO4S/c1-15-7-9-17(10-8-15)11-12-18(25)13-29(26,27)14-21-16(2)28-22(24-21)19-5-3-4-6-20(19)23/h3-10H,11-14H2,1-2H3. The first-order valence-electron chi connectivity index (χ1n) is 9.22. The van der Waals surface area contributed by atoms with Crippen molar-refractivity contribution in [2.24, 2.45) is 0 Å². The number of rotatable bonds is 8. The topological polar surface area (TPSA) is 77.2 Å². The molecular weight excluding hydrogens is 410 g/mol. The quantitative estimate of drug-likeness (QED) is 0.515. The summed E-state index contributed by atoms with van der Waals surface area (Å²) in [4.78, 5) is 16.5. The molecule has 2 aromatic carbocycles. The van der Waals surface area contributed by atoms with Crippen LogP contribution in [0.3, 0.4) is 0 Å². The first kappa shape index (κ1) is 21.3. The molecule has 3 rings (SSSR count). The zero-order valence-corrected chi connectivity index (χ0v) is 17.9. The molecule has 1 heterocycles. The highest BCUT2D eigenvalue weighted by Gasteiger charge is 2.22. The molecule has 0 aliphatic rings. The fraction of sp³-hybridized carbons (Fsp3) is 0.273. The minimum atomic E-state index is -3.65. The molecular formula is C22H22ClNO4S. The molecule has 0 unspecified atom stereocenters. The number of aryl methyl sites for hydroxylation is 3. The van der Waals surface area contributed by atoms with Gasteiger partial charge in [0, 0.05) is 6.42 Å². The van der Waals surface area contributed by atoms with Gasteiger partial charge in [0.2, 0.25) is 5.89 Å². The number of benzene rings is 2. The van der Waals surface area contributed by atoms with Crippen molar-refractivity contribution in [3.63, 3.8) is 0 Å². The number of oxazole rings is 1. The Balaban J connectivity index is 1.64. The van der Waals surface area contributed by atoms with E-state index in [1.807, 2.05) is 31.2 Å². The fourth-order valence-electron chi connectivity index (χ4n) is 2.93. The first-order valence-corrected chi connectivity index (χ1v) is 11.4. The van der Waals surface area contributed by atoms with Crippen LogP contribution in [0.5, 0.6) is 0 Å². The summed E-state index contributed by atoms with van der Waals surface area (Å²) in [6.45, 7) is 3.64. The van der Waals surface area contributed by atoms with Gasteiger partial charge in [0.15, 0.2) is 9.84 Å². The van der Waals surface area contributed by atoms with Crippen LogP contribution in [0.15, 0.2) is 52.9 Å². The monoisotopic (exact) mass is 431 g/mol. The second kappa shape index (κ2) is 8.93. The molecule has 0 saturated heterocycles. The van der Waals surface area contributed by atoms with Gasteiger partial charge in [-0.25, -0.2) is 13.4 Å². The van der Waals surface area contributed by atoms with Crippen LogP contribution >= 0.6 is 11.6 Å². The van der Waals surface area contributed by atoms with Gasteiger partial charge in [0.05, 0.1) is 22.0 Å². The summed E-state index contributed by atoms with van der Waals surface area (Å²) in [6, 6.07) is 14.9. The molecule has 0 radical (unpaired) electrons. The van der Waals surface area contributed by atoms with Gasteiger partial charge in [-0.15, -0.1) is 0 Å². The third kappa shape index (κ3) is 5.78. The van der Waals surface area contributed by atoms with Gasteiger partial charge < -0.3 is 4.42 Å². The summed E-state index contributed by atoms with van der Waals surface area (Å²) in [5, 5.41) is 0.467. The Morgan fingerprint density at radius 1 is 1.07 bits per heavy atom. The summed E-state index contributed by atoms with van der Waals surface area (Å²) in [5.41, 5.74) is 3.04. The highest BCUT2D eigenvalue weighted by molar-refractivity contribution is 7.91. The molecule has 0 fully saturated rings. The van der Waals surface area contributed by atoms with Crippen LogP contribution in [0.1, 0.15) is 29.0 Å². The van der Waals surface area contributed by atoms with Crippen molar-refractivity contribution < 1.29 is 17.6 Å². The summed E-state index contributed by atoms with van der Waals surface area (Å²) in [7, 11) is -3.65. The Kier molecular flexibility index (Phi) is 6.55. The number of ketones is 1. The van der Waals surface area contributed by atoms with Crippen molar-refractivity contribution in [3.8, 4) is 11.5 Å². The minimum Gasteiger partial charge on any atom is -0.441 e. The molecule has 7 heteroatoms. The highest BCUT2D eigenvalue weighted by atomic mass is 35.5. The molecule has 0 amide bonds. The normalized spacial score (nSPS) is 11.6. The number of sulfone groups is 1. The number of halogens is 1. The average molecular weight is 432 g/mol. The Hall–Kier alpha value is -2.44. The number of hydrogen-bond donors (Lipinski definition) is 0. The summed E-state index contributed by atoms with van der Waals surface area (Å²) < 4.78 is 30.6. The molecule has 0 aliphatic heterocycles. The SMILES string of the molecule is Cc1ccc(CCC(=O)CS(=O)(=O)Cc2nc(-c3ccccc3Cl)oc2C)cc1. The number of carbonyl (C=O) groups is 1. The van der Waals surface area contributed by atoms with Gasteiger partial charge in [0.1, 0.15) is 17.3 Å². The van der Waals surface area contributed by atoms with E-state index in [4.69, 9.17) is 16.0 Å². The molecule has 152 valence electrons. The maximum atomic E-state index is 12.5. The lowest BCUT2D eigenvalue weighted by Crippen LogP contribution is -2.18. The van der Waals surface area contributed by atoms with Crippen molar-refractivity contribution in [1.82, 2.24) is 4.98 Å². The number of aromatic nitrogens is 1. The van der Waals surface area contributed by atoms with Crippen LogP contribution in [-0.2, 0) is 26.8 Å². The van der Waals surface area contributed by atoms with Crippen LogP contribution in [0.4, 0.5) is 0 Å². The maximum absolute atomic E-state index is 12.5. The van der Waals surface area contributed by atoms with Crippen LogP contribution in [0, 0.1) is 13.8 Å². The van der Waals surface area contributed by atoms with Gasteiger partial charge in [0.25, 0.3) is 0 Å². The summed E-state index contributed by atoms with van der Waals surface area (Å²) in [6.07, 6.45) is 0.708. The van der Waals surface area contributed by atoms with Gasteiger partial charge in [-0.05, 0) is 38.0 Å². The van der Waals surface area contributed by atoms with E-state index in [1.54, 1.807) is 31.2 Å². The van der Waals surface area contributed by atoms with Crippen molar-refractivity contribution in [1.29, 1.82) is 0 Å². The van der Waals surface area contributed by atoms with E-state index in [0.717, 1.165) is 11.1 Å². The lowest BCUT2D eigenvalue weighted by atomic mass is 10.1. The van der Waals surface area contributed by atoms with E-state index in [-0.39, 0.29) is 23.8 Å². The lowest BCUT2D eigenvalue weighted by molar-refractivity contribution is -0.116. The van der Waals surface area contributed by atoms with Crippen LogP contribution in [-0.4, -0.2) is 24.9 Å². The first-order chi connectivity index (χ1) is 13.7. The van der Waals surface area contributed by atoms with Crippen molar-refractivity contribution in [3.05, 3.63) is 76.1 Å². The molecule has 29 heavy (non-hydrogen) atoms. The largest absolute Gasteiger partial charge is 0.441 e. The molecule has 1 aromatic heterocycles. The molecule has 0 aliphatic carbocycles. The van der Waals surface area contributed by atoms with Gasteiger partial charge in [-0.1, -0.05) is 53.6 Å². The van der Waals surface area contributed by atoms with E-state index in [9.17, 15) is 13.2 Å². The lowest BCUT2D eigenvalue weighted by Gasteiger charge is -2.04. The number of carbonyl (C=O) groups excluding carboxylic acids is 1. The van der Waals surface area contributed by atoms with Crippen LogP contribution < -0.4 is 0 Å². The minimum absolute atomic E-state index is 0.185. The van der Waals surface area contributed by atoms with Crippen molar-refractivity contribution >= 4 is 27.2 Å². The van der Waals surface area contributed by atoms with Crippen molar-refractivity contribution in [2.45, 2.75) is 32.4 Å². The van der Waals surface area contributed by atoms with Crippen LogP contribution in [0.25, 0.3) is 11.5 Å². The third-order valence-electron chi connectivity index (χ3n) is 4.55. The number of nitrogens with zero attached hydrogens (tertiary/aromatic N) is 1. The second-order valence-corrected chi connectivity index (χ2v) is 9.53. The van der Waals surface area contributed by atoms with E-state index in [1.165, 1.54) is 0 Å². The van der Waals surface area contributed by atoms with E-state index >= 15 is 0 Å². The highest BCUT2D eigenvalue weighted by Crippen LogP contribution is 2.29. The zero-order valence-electron chi connectivity index (χ0n) is 16.3. The van der Waals surface area contributed by atoms with Gasteiger partial charge in [-0.3, -0.25) is 4.79 Å². The number of Topliss-reactive ketones (excluding diaryl/α,β-unsaturated/α-hetero) is 1. The summed E-state index contributed by atoms with van der Waals surface area (Å²) >= 11 is 6.15. The molecule has 0 saturated carbocycles. The van der Waals surface area contributed by atoms with Gasteiger partial charge >= 0.3 is 0 Å². The van der Waals surface area contributed by atoms with E-state index < -0.39 is 15.6 Å². The molecule has 0 atom stereocenters. The van der Waals surface area contributed by atoms with Gasteiger partial charge in [-0.2, -0.15) is 0 Å². The van der Waals surface area contributed by atoms with E-state index in [2.05, 4.69) is 4.98 Å². The zero-order chi connectivity index (χ0) is 21.0. The number of hydrogen-bond acceptors (Lipinski definition) is 5. The smallest absolute Gasteiger partial charge is 0.228 e. The molecule has 5 nitrogen and oxygen atoms in total. The summed E-state index contributed by atoms with van der Waals surface area (Å²) in [5.74, 6) is -0.493. The average Bonchev–Trinajstić information content (AvgIpc) is 3.00. The Morgan fingerprint density at radius 3 is 2.45 bits per heavy atom. The van der Waals surface area contributed by atoms with Crippen LogP contribution in [0.2, 0.25) is 5.02 Å². The van der Waals surface area contributed by atoms with Crippen molar-refractivity contribution in [2.75, 3.05) is 5.75 Å². The van der Waals surface area contributed by atoms with E-state index in [0.29, 0.717) is 28.5 Å². The predicted molar refractivity (Wildman–Crippen MR) is 114 cm³/mol. The Bertz CT molecular complexity index is 1120. The maximum Gasteiger partial charge on any atom is 0.228 e. The third-order valence-corrected chi connectivity index (χ3v) is 6.35. The fourth-order valence-corrected chi connectivity index (χ4v) is 4.57. The predicted octanol–water partition coefficient (Wildman–Crippen LogP) is 4.73.